The second-order valence-electron chi connectivity index (χ2n) is 5.73. The Bertz CT molecular complexity index is 971. The van der Waals surface area contributed by atoms with E-state index in [2.05, 4.69) is 20.4 Å². The van der Waals surface area contributed by atoms with Gasteiger partial charge < -0.3 is 9.84 Å². The van der Waals surface area contributed by atoms with E-state index in [4.69, 9.17) is 4.52 Å². The monoisotopic (exact) mass is 382 g/mol. The van der Waals surface area contributed by atoms with E-state index in [1.165, 1.54) is 18.7 Å². The van der Waals surface area contributed by atoms with Crippen LogP contribution in [0.3, 0.4) is 0 Å². The third-order valence-electron chi connectivity index (χ3n) is 3.67. The van der Waals surface area contributed by atoms with Gasteiger partial charge in [-0.15, -0.1) is 0 Å². The Labute approximate surface area is 160 Å². The van der Waals surface area contributed by atoms with E-state index in [9.17, 15) is 9.59 Å². The Morgan fingerprint density at radius 1 is 1.22 bits per heavy atom. The van der Waals surface area contributed by atoms with E-state index >= 15 is 0 Å². The van der Waals surface area contributed by atoms with Gasteiger partial charge in [-0.25, -0.2) is 4.98 Å². The molecule has 1 amide bonds. The normalized spacial score (nSPS) is 10.6. The number of aryl methyl sites for hydroxylation is 1. The predicted octanol–water partition coefficient (Wildman–Crippen LogP) is 3.63. The van der Waals surface area contributed by atoms with Crippen LogP contribution in [-0.4, -0.2) is 32.6 Å². The maximum absolute atomic E-state index is 12.2. The molecule has 2 aromatic heterocycles. The standard InChI is InChI=1S/C19H18N4O3S/c1-3-16-22-19(26-23-16)14-7-8-20-18(10-14)27-11-17(25)21-15-6-4-5-13(9-15)12(2)24/h4-10H,3,11H2,1-2H3,(H,21,25). The molecule has 0 unspecified atom stereocenters. The van der Waals surface area contributed by atoms with Crippen molar-refractivity contribution in [3.05, 3.63) is 54.0 Å². The first-order valence-electron chi connectivity index (χ1n) is 8.38. The molecular weight excluding hydrogens is 364 g/mol. The minimum atomic E-state index is -0.182. The van der Waals surface area contributed by atoms with Crippen molar-refractivity contribution in [2.45, 2.75) is 25.3 Å². The number of nitrogens with one attached hydrogen (secondary N) is 1. The van der Waals surface area contributed by atoms with Gasteiger partial charge in [0.05, 0.1) is 10.8 Å². The molecule has 1 aromatic carbocycles. The Hall–Kier alpha value is -3.00. The lowest BCUT2D eigenvalue weighted by Gasteiger charge is -2.06. The van der Waals surface area contributed by atoms with Crippen LogP contribution in [0.25, 0.3) is 11.5 Å². The summed E-state index contributed by atoms with van der Waals surface area (Å²) in [5.74, 6) is 1.03. The van der Waals surface area contributed by atoms with Crippen LogP contribution in [0.15, 0.2) is 52.1 Å². The van der Waals surface area contributed by atoms with Gasteiger partial charge in [0.1, 0.15) is 0 Å². The van der Waals surface area contributed by atoms with E-state index < -0.39 is 0 Å². The fourth-order valence-electron chi connectivity index (χ4n) is 2.29. The summed E-state index contributed by atoms with van der Waals surface area (Å²) in [6.45, 7) is 3.44. The van der Waals surface area contributed by atoms with Crippen LogP contribution in [0.4, 0.5) is 5.69 Å². The Morgan fingerprint density at radius 2 is 2.07 bits per heavy atom. The molecular formula is C19H18N4O3S. The number of hydrogen-bond donors (Lipinski definition) is 1. The molecule has 8 heteroatoms. The number of carbonyl (C=O) groups is 2. The lowest BCUT2D eigenvalue weighted by atomic mass is 10.1. The highest BCUT2D eigenvalue weighted by molar-refractivity contribution is 7.99. The number of Topliss-reactive ketones (excluding diaryl/α,β-unsaturated/α-hetero) is 1. The molecule has 0 aliphatic rings. The Kier molecular flexibility index (Phi) is 5.97. The number of ketones is 1. The molecule has 0 atom stereocenters. The zero-order valence-corrected chi connectivity index (χ0v) is 15.7. The lowest BCUT2D eigenvalue weighted by molar-refractivity contribution is -0.113. The van der Waals surface area contributed by atoms with Crippen LogP contribution in [0, 0.1) is 0 Å². The van der Waals surface area contributed by atoms with Crippen molar-refractivity contribution in [2.75, 3.05) is 11.1 Å². The molecule has 0 radical (unpaired) electrons. The van der Waals surface area contributed by atoms with Crippen LogP contribution < -0.4 is 5.32 Å². The fourth-order valence-corrected chi connectivity index (χ4v) is 2.99. The van der Waals surface area contributed by atoms with Crippen LogP contribution in [0.2, 0.25) is 0 Å². The van der Waals surface area contributed by atoms with Crippen molar-refractivity contribution < 1.29 is 14.1 Å². The second kappa shape index (κ2) is 8.59. The van der Waals surface area contributed by atoms with Gasteiger partial charge in [-0.2, -0.15) is 4.98 Å². The summed E-state index contributed by atoms with van der Waals surface area (Å²) < 4.78 is 5.23. The summed E-state index contributed by atoms with van der Waals surface area (Å²) in [7, 11) is 0. The van der Waals surface area contributed by atoms with Crippen molar-refractivity contribution in [1.82, 2.24) is 15.1 Å². The quantitative estimate of drug-likeness (QED) is 0.492. The molecule has 3 aromatic rings. The van der Waals surface area contributed by atoms with E-state index in [-0.39, 0.29) is 17.4 Å². The molecule has 3 rings (SSSR count). The number of benzene rings is 1. The molecule has 1 N–H and O–H groups in total. The van der Waals surface area contributed by atoms with Crippen LogP contribution >= 0.6 is 11.8 Å². The molecule has 0 aliphatic heterocycles. The maximum atomic E-state index is 12.2. The van der Waals surface area contributed by atoms with Gasteiger partial charge in [-0.05, 0) is 31.2 Å². The zero-order valence-electron chi connectivity index (χ0n) is 14.9. The van der Waals surface area contributed by atoms with Crippen molar-refractivity contribution >= 4 is 29.1 Å². The number of hydrogen-bond acceptors (Lipinski definition) is 7. The highest BCUT2D eigenvalue weighted by Crippen LogP contribution is 2.23. The van der Waals surface area contributed by atoms with Crippen molar-refractivity contribution in [3.63, 3.8) is 0 Å². The molecule has 138 valence electrons. The van der Waals surface area contributed by atoms with E-state index in [0.29, 0.717) is 34.4 Å². The van der Waals surface area contributed by atoms with Gasteiger partial charge in [0, 0.05) is 29.4 Å². The smallest absolute Gasteiger partial charge is 0.258 e. The first kappa shape index (κ1) is 18.8. The third kappa shape index (κ3) is 5.01. The molecule has 0 spiro atoms. The molecule has 0 saturated carbocycles. The summed E-state index contributed by atoms with van der Waals surface area (Å²) >= 11 is 1.30. The summed E-state index contributed by atoms with van der Waals surface area (Å²) in [4.78, 5) is 32.1. The minimum Gasteiger partial charge on any atom is -0.334 e. The third-order valence-corrected chi connectivity index (χ3v) is 4.60. The first-order chi connectivity index (χ1) is 13.0. The molecule has 27 heavy (non-hydrogen) atoms. The van der Waals surface area contributed by atoms with E-state index in [1.807, 2.05) is 6.92 Å². The van der Waals surface area contributed by atoms with Gasteiger partial charge >= 0.3 is 0 Å². The van der Waals surface area contributed by atoms with Gasteiger partial charge in [0.2, 0.25) is 5.91 Å². The maximum Gasteiger partial charge on any atom is 0.258 e. The Morgan fingerprint density at radius 3 is 2.81 bits per heavy atom. The number of thioether (sulfide) groups is 1. The molecule has 7 nitrogen and oxygen atoms in total. The van der Waals surface area contributed by atoms with Crippen molar-refractivity contribution in [2.24, 2.45) is 0 Å². The summed E-state index contributed by atoms with van der Waals surface area (Å²) in [5, 5.41) is 7.34. The van der Waals surface area contributed by atoms with E-state index in [1.54, 1.807) is 42.6 Å². The topological polar surface area (TPSA) is 98.0 Å². The molecule has 0 aliphatic carbocycles. The number of anilines is 1. The first-order valence-corrected chi connectivity index (χ1v) is 9.36. The van der Waals surface area contributed by atoms with Crippen LogP contribution in [0.1, 0.15) is 30.0 Å². The Balaban J connectivity index is 1.61. The molecule has 0 bridgehead atoms. The van der Waals surface area contributed by atoms with Gasteiger partial charge in [0.15, 0.2) is 11.6 Å². The fraction of sp³-hybridized carbons (Fsp3) is 0.211. The molecule has 0 saturated heterocycles. The summed E-state index contributed by atoms with van der Waals surface area (Å²) in [6.07, 6.45) is 2.34. The van der Waals surface area contributed by atoms with Gasteiger partial charge in [-0.3, -0.25) is 9.59 Å². The summed E-state index contributed by atoms with van der Waals surface area (Å²) in [6, 6.07) is 10.4. The van der Waals surface area contributed by atoms with Gasteiger partial charge in [-0.1, -0.05) is 36.0 Å². The lowest BCUT2D eigenvalue weighted by Crippen LogP contribution is -2.14. The second-order valence-corrected chi connectivity index (χ2v) is 6.72. The molecule has 2 heterocycles. The highest BCUT2D eigenvalue weighted by Gasteiger charge is 2.11. The van der Waals surface area contributed by atoms with Gasteiger partial charge in [0.25, 0.3) is 5.89 Å². The number of aromatic nitrogens is 3. The van der Waals surface area contributed by atoms with E-state index in [0.717, 1.165) is 5.56 Å². The number of carbonyl (C=O) groups excluding carboxylic acids is 2. The summed E-state index contributed by atoms with van der Waals surface area (Å²) in [5.41, 5.74) is 1.91. The average molecular weight is 382 g/mol. The highest BCUT2D eigenvalue weighted by atomic mass is 32.2. The number of amides is 1. The van der Waals surface area contributed by atoms with Crippen molar-refractivity contribution in [3.8, 4) is 11.5 Å². The minimum absolute atomic E-state index is 0.0475. The number of pyridine rings is 1. The molecule has 0 fully saturated rings. The van der Waals surface area contributed by atoms with Crippen LogP contribution in [-0.2, 0) is 11.2 Å². The largest absolute Gasteiger partial charge is 0.334 e. The predicted molar refractivity (Wildman–Crippen MR) is 103 cm³/mol. The van der Waals surface area contributed by atoms with Crippen molar-refractivity contribution in [1.29, 1.82) is 0 Å². The number of rotatable bonds is 7. The average Bonchev–Trinajstić information content (AvgIpc) is 3.16. The SMILES string of the molecule is CCc1noc(-c2ccnc(SCC(=O)Nc3cccc(C(C)=O)c3)c2)n1. The van der Waals surface area contributed by atoms with Crippen LogP contribution in [0.5, 0.6) is 0 Å². The number of nitrogens with zero attached hydrogens (tertiary/aromatic N) is 3. The zero-order chi connectivity index (χ0) is 19.2.